The summed E-state index contributed by atoms with van der Waals surface area (Å²) in [5, 5.41) is 16.9. The molecule has 2 aromatic carbocycles. The third-order valence-electron chi connectivity index (χ3n) is 4.35. The number of aliphatic hydroxyl groups is 2. The fourth-order valence-corrected chi connectivity index (χ4v) is 4.27. The summed E-state index contributed by atoms with van der Waals surface area (Å²) in [6.07, 6.45) is -4.61. The minimum absolute atomic E-state index is 0.0159. The highest BCUT2D eigenvalue weighted by molar-refractivity contribution is 9.10. The van der Waals surface area contributed by atoms with Crippen molar-refractivity contribution in [1.82, 2.24) is 0 Å². The van der Waals surface area contributed by atoms with E-state index < -0.39 is 26.7 Å². The first kappa shape index (κ1) is 25.4. The lowest BCUT2D eigenvalue weighted by molar-refractivity contribution is -0.137. The SMILES string of the molecule is CC(C)(CO)CO.O=S(=O)(c1cccc(C(F)(F)F)c1)N1CCOc2ccc(Br)cc21. The van der Waals surface area contributed by atoms with Gasteiger partial charge in [0.2, 0.25) is 0 Å². The summed E-state index contributed by atoms with van der Waals surface area (Å²) in [5.74, 6) is 0.361. The summed E-state index contributed by atoms with van der Waals surface area (Å²) >= 11 is 3.25. The van der Waals surface area contributed by atoms with Crippen LogP contribution in [0.4, 0.5) is 18.9 Å². The molecule has 0 unspecified atom stereocenters. The molecule has 0 bridgehead atoms. The molecule has 0 saturated heterocycles. The molecule has 31 heavy (non-hydrogen) atoms. The van der Waals surface area contributed by atoms with Crippen LogP contribution in [-0.2, 0) is 16.2 Å². The van der Waals surface area contributed by atoms with Gasteiger partial charge in [0.15, 0.2) is 0 Å². The molecular weight excluding hydrogens is 503 g/mol. The van der Waals surface area contributed by atoms with Gasteiger partial charge >= 0.3 is 6.18 Å². The van der Waals surface area contributed by atoms with Crippen molar-refractivity contribution in [2.24, 2.45) is 5.41 Å². The van der Waals surface area contributed by atoms with Crippen molar-refractivity contribution < 1.29 is 36.5 Å². The number of alkyl halides is 3. The van der Waals surface area contributed by atoms with E-state index in [-0.39, 0.29) is 37.5 Å². The third kappa shape index (κ3) is 6.34. The molecule has 0 radical (unpaired) electrons. The van der Waals surface area contributed by atoms with Crippen LogP contribution in [0.25, 0.3) is 0 Å². The monoisotopic (exact) mass is 525 g/mol. The van der Waals surface area contributed by atoms with Crippen LogP contribution in [0.15, 0.2) is 51.8 Å². The lowest BCUT2D eigenvalue weighted by atomic mass is 9.97. The van der Waals surface area contributed by atoms with Gasteiger partial charge in [-0.15, -0.1) is 0 Å². The lowest BCUT2D eigenvalue weighted by Crippen LogP contribution is -2.38. The number of benzene rings is 2. The second-order valence-electron chi connectivity index (χ2n) is 7.54. The topological polar surface area (TPSA) is 87.1 Å². The van der Waals surface area contributed by atoms with Gasteiger partial charge in [-0.25, -0.2) is 8.42 Å². The maximum absolute atomic E-state index is 12.9. The van der Waals surface area contributed by atoms with Gasteiger partial charge in [-0.2, -0.15) is 13.2 Å². The molecule has 0 saturated carbocycles. The van der Waals surface area contributed by atoms with Crippen LogP contribution >= 0.6 is 15.9 Å². The fourth-order valence-electron chi connectivity index (χ4n) is 2.43. The maximum Gasteiger partial charge on any atom is 0.416 e. The van der Waals surface area contributed by atoms with E-state index in [1.54, 1.807) is 32.0 Å². The second-order valence-corrected chi connectivity index (χ2v) is 10.3. The first-order valence-corrected chi connectivity index (χ1v) is 11.4. The average Bonchev–Trinajstić information content (AvgIpc) is 2.73. The van der Waals surface area contributed by atoms with Gasteiger partial charge in [0.1, 0.15) is 12.4 Å². The molecule has 2 N–H and O–H groups in total. The quantitative estimate of drug-likeness (QED) is 0.628. The van der Waals surface area contributed by atoms with E-state index in [9.17, 15) is 21.6 Å². The number of ether oxygens (including phenoxy) is 1. The molecule has 0 fully saturated rings. The predicted octanol–water partition coefficient (Wildman–Crippen LogP) is 4.05. The molecule has 1 aliphatic rings. The van der Waals surface area contributed by atoms with E-state index in [1.807, 2.05) is 0 Å². The van der Waals surface area contributed by atoms with Gasteiger partial charge in [0.05, 0.1) is 35.9 Å². The second kappa shape index (κ2) is 9.76. The molecule has 3 rings (SSSR count). The van der Waals surface area contributed by atoms with Crippen molar-refractivity contribution >= 4 is 31.6 Å². The van der Waals surface area contributed by atoms with E-state index in [4.69, 9.17) is 14.9 Å². The Balaban J connectivity index is 0.000000423. The van der Waals surface area contributed by atoms with Crippen LogP contribution in [0.3, 0.4) is 0 Å². The third-order valence-corrected chi connectivity index (χ3v) is 6.65. The molecule has 0 aliphatic carbocycles. The highest BCUT2D eigenvalue weighted by atomic mass is 79.9. The van der Waals surface area contributed by atoms with Gasteiger partial charge in [0, 0.05) is 9.89 Å². The largest absolute Gasteiger partial charge is 0.489 e. The Morgan fingerprint density at radius 2 is 1.74 bits per heavy atom. The Kier molecular flexibility index (Phi) is 8.01. The fraction of sp³-hybridized carbons (Fsp3) is 0.400. The zero-order valence-electron chi connectivity index (χ0n) is 16.9. The summed E-state index contributed by atoms with van der Waals surface area (Å²) in [6.45, 7) is 3.82. The van der Waals surface area contributed by atoms with E-state index in [0.29, 0.717) is 16.3 Å². The van der Waals surface area contributed by atoms with Crippen molar-refractivity contribution in [3.05, 3.63) is 52.5 Å². The number of rotatable bonds is 4. The predicted molar refractivity (Wildman–Crippen MR) is 114 cm³/mol. The van der Waals surface area contributed by atoms with Crippen molar-refractivity contribution in [1.29, 1.82) is 0 Å². The van der Waals surface area contributed by atoms with Crippen molar-refractivity contribution in [2.75, 3.05) is 30.7 Å². The van der Waals surface area contributed by atoms with Gasteiger partial charge < -0.3 is 14.9 Å². The number of halogens is 4. The molecular formula is C20H23BrF3NO5S. The molecule has 0 spiro atoms. The number of fused-ring (bicyclic) bond motifs is 1. The Morgan fingerprint density at radius 1 is 1.10 bits per heavy atom. The van der Waals surface area contributed by atoms with Gasteiger partial charge in [0.25, 0.3) is 10.0 Å². The highest BCUT2D eigenvalue weighted by Crippen LogP contribution is 2.38. The number of anilines is 1. The highest BCUT2D eigenvalue weighted by Gasteiger charge is 2.34. The zero-order valence-corrected chi connectivity index (χ0v) is 19.3. The molecule has 0 atom stereocenters. The molecule has 1 heterocycles. The molecule has 0 aromatic heterocycles. The van der Waals surface area contributed by atoms with E-state index in [1.165, 1.54) is 0 Å². The summed E-state index contributed by atoms with van der Waals surface area (Å²) in [4.78, 5) is -0.412. The van der Waals surface area contributed by atoms with Crippen molar-refractivity contribution in [2.45, 2.75) is 24.9 Å². The maximum atomic E-state index is 12.9. The van der Waals surface area contributed by atoms with Crippen LogP contribution in [0, 0.1) is 5.41 Å². The van der Waals surface area contributed by atoms with Gasteiger partial charge in [-0.05, 0) is 36.4 Å². The molecule has 6 nitrogen and oxygen atoms in total. The number of hydrogen-bond donors (Lipinski definition) is 2. The van der Waals surface area contributed by atoms with Crippen LogP contribution in [0.2, 0.25) is 0 Å². The smallest absolute Gasteiger partial charge is 0.416 e. The van der Waals surface area contributed by atoms with E-state index in [0.717, 1.165) is 22.5 Å². The summed E-state index contributed by atoms with van der Waals surface area (Å²) in [5.41, 5.74) is -1.03. The lowest BCUT2D eigenvalue weighted by Gasteiger charge is -2.30. The van der Waals surface area contributed by atoms with Gasteiger partial charge in [-0.1, -0.05) is 35.8 Å². The number of hydrogen-bond acceptors (Lipinski definition) is 5. The van der Waals surface area contributed by atoms with Gasteiger partial charge in [-0.3, -0.25) is 4.31 Å². The minimum atomic E-state index is -4.61. The van der Waals surface area contributed by atoms with Crippen LogP contribution in [0.1, 0.15) is 19.4 Å². The van der Waals surface area contributed by atoms with Crippen LogP contribution in [-0.4, -0.2) is 45.0 Å². The molecule has 0 amide bonds. The summed E-state index contributed by atoms with van der Waals surface area (Å²) in [6, 6.07) is 8.56. The number of nitrogens with zero attached hydrogens (tertiary/aromatic N) is 1. The molecule has 11 heteroatoms. The van der Waals surface area contributed by atoms with E-state index in [2.05, 4.69) is 15.9 Å². The Morgan fingerprint density at radius 3 is 2.29 bits per heavy atom. The van der Waals surface area contributed by atoms with E-state index >= 15 is 0 Å². The van der Waals surface area contributed by atoms with Crippen LogP contribution in [0.5, 0.6) is 5.75 Å². The van der Waals surface area contributed by atoms with Crippen molar-refractivity contribution in [3.63, 3.8) is 0 Å². The Hall–Kier alpha value is -1.82. The molecule has 2 aromatic rings. The summed E-state index contributed by atoms with van der Waals surface area (Å²) < 4.78 is 71.3. The summed E-state index contributed by atoms with van der Waals surface area (Å²) in [7, 11) is -4.14. The zero-order chi connectivity index (χ0) is 23.4. The molecule has 172 valence electrons. The number of aliphatic hydroxyl groups excluding tert-OH is 2. The Labute approximate surface area is 187 Å². The standard InChI is InChI=1S/C15H11BrF3NO3S.C5H12O2/c16-11-4-5-14-13(9-11)20(6-7-23-14)24(21,22)12-3-1-2-10(8-12)15(17,18)19;1-5(2,3-6)4-7/h1-5,8-9H,6-7H2;6-7H,3-4H2,1-2H3. The van der Waals surface area contributed by atoms with Crippen LogP contribution < -0.4 is 9.04 Å². The molecule has 1 aliphatic heterocycles. The number of sulfonamides is 1. The normalized spacial score (nSPS) is 14.3. The first-order chi connectivity index (χ1) is 14.3. The Bertz CT molecular complexity index is 1010. The first-order valence-electron chi connectivity index (χ1n) is 9.16. The van der Waals surface area contributed by atoms with Crippen molar-refractivity contribution in [3.8, 4) is 5.75 Å². The minimum Gasteiger partial charge on any atom is -0.489 e. The average molecular weight is 526 g/mol.